The van der Waals surface area contributed by atoms with Crippen LogP contribution in [0, 0.1) is 5.92 Å². The van der Waals surface area contributed by atoms with E-state index in [1.54, 1.807) is 0 Å². The van der Waals surface area contributed by atoms with Crippen molar-refractivity contribution in [2.45, 2.75) is 44.7 Å². The van der Waals surface area contributed by atoms with Crippen LogP contribution in [-0.2, 0) is 14.6 Å². The van der Waals surface area contributed by atoms with Gasteiger partial charge in [-0.25, -0.2) is 8.42 Å². The molecule has 1 fully saturated rings. The van der Waals surface area contributed by atoms with Gasteiger partial charge >= 0.3 is 5.97 Å². The fourth-order valence-corrected chi connectivity index (χ4v) is 3.47. The molecule has 3 atom stereocenters. The van der Waals surface area contributed by atoms with Gasteiger partial charge in [0.2, 0.25) is 0 Å². The Morgan fingerprint density at radius 2 is 2.12 bits per heavy atom. The van der Waals surface area contributed by atoms with Crippen LogP contribution in [0.1, 0.15) is 32.6 Å². The lowest BCUT2D eigenvalue weighted by Gasteiger charge is -2.29. The van der Waals surface area contributed by atoms with E-state index in [9.17, 15) is 13.2 Å². The summed E-state index contributed by atoms with van der Waals surface area (Å²) in [6.07, 6.45) is 4.36. The summed E-state index contributed by atoms with van der Waals surface area (Å²) in [6.45, 7) is 1.82. The summed E-state index contributed by atoms with van der Waals surface area (Å²) in [5, 5.41) is 12.2. The summed E-state index contributed by atoms with van der Waals surface area (Å²) in [5.74, 6) is -0.930. The topological polar surface area (TPSA) is 83.5 Å². The van der Waals surface area contributed by atoms with E-state index in [1.807, 2.05) is 6.92 Å². The van der Waals surface area contributed by atoms with E-state index in [1.165, 1.54) is 6.26 Å². The molecule has 1 rings (SSSR count). The zero-order valence-corrected chi connectivity index (χ0v) is 11.2. The molecule has 0 saturated heterocycles. The van der Waals surface area contributed by atoms with Crippen LogP contribution < -0.4 is 5.32 Å². The fraction of sp³-hybridized carbons (Fsp3) is 0.909. The van der Waals surface area contributed by atoms with Crippen molar-refractivity contribution in [3.05, 3.63) is 0 Å². The van der Waals surface area contributed by atoms with Gasteiger partial charge < -0.3 is 10.4 Å². The minimum Gasteiger partial charge on any atom is -0.481 e. The molecule has 0 radical (unpaired) electrons. The standard InChI is InChI=1S/C11H21NO4S/c1-8(7-17(2,15)16)12-10-5-3-4-9(6-10)11(13)14/h8-10,12H,3-7H2,1-2H3,(H,13,14). The molecule has 0 spiro atoms. The molecule has 17 heavy (non-hydrogen) atoms. The van der Waals surface area contributed by atoms with Gasteiger partial charge in [-0.05, 0) is 26.2 Å². The molecular weight excluding hydrogens is 242 g/mol. The van der Waals surface area contributed by atoms with Crippen molar-refractivity contribution < 1.29 is 18.3 Å². The van der Waals surface area contributed by atoms with Crippen molar-refractivity contribution in [2.75, 3.05) is 12.0 Å². The number of carboxylic acids is 1. The molecule has 0 amide bonds. The van der Waals surface area contributed by atoms with E-state index in [4.69, 9.17) is 5.11 Å². The zero-order chi connectivity index (χ0) is 13.1. The Morgan fingerprint density at radius 1 is 1.47 bits per heavy atom. The third kappa shape index (κ3) is 5.50. The van der Waals surface area contributed by atoms with Gasteiger partial charge in [0, 0.05) is 18.3 Å². The Morgan fingerprint density at radius 3 is 2.65 bits per heavy atom. The largest absolute Gasteiger partial charge is 0.481 e. The molecule has 100 valence electrons. The summed E-state index contributed by atoms with van der Waals surface area (Å²) in [5.41, 5.74) is 0. The van der Waals surface area contributed by atoms with Crippen LogP contribution in [0.5, 0.6) is 0 Å². The van der Waals surface area contributed by atoms with Gasteiger partial charge in [-0.2, -0.15) is 0 Å². The molecule has 0 heterocycles. The van der Waals surface area contributed by atoms with Crippen LogP contribution in [0.2, 0.25) is 0 Å². The molecule has 0 aromatic heterocycles. The van der Waals surface area contributed by atoms with Crippen molar-refractivity contribution in [1.82, 2.24) is 5.32 Å². The minimum atomic E-state index is -2.98. The number of hydrogen-bond acceptors (Lipinski definition) is 4. The number of sulfone groups is 1. The fourth-order valence-electron chi connectivity index (χ4n) is 2.47. The summed E-state index contributed by atoms with van der Waals surface area (Å²) >= 11 is 0. The predicted molar refractivity (Wildman–Crippen MR) is 65.7 cm³/mol. The number of rotatable bonds is 5. The van der Waals surface area contributed by atoms with E-state index in [-0.39, 0.29) is 23.8 Å². The van der Waals surface area contributed by atoms with Crippen LogP contribution >= 0.6 is 0 Å². The SMILES string of the molecule is CC(CS(C)(=O)=O)NC1CCCC(C(=O)O)C1. The van der Waals surface area contributed by atoms with Crippen LogP contribution in [0.4, 0.5) is 0 Å². The molecule has 5 nitrogen and oxygen atoms in total. The van der Waals surface area contributed by atoms with E-state index in [0.717, 1.165) is 19.3 Å². The van der Waals surface area contributed by atoms with Crippen LogP contribution in [0.25, 0.3) is 0 Å². The molecule has 0 aliphatic heterocycles. The second kappa shape index (κ2) is 5.82. The first kappa shape index (κ1) is 14.4. The zero-order valence-electron chi connectivity index (χ0n) is 10.3. The third-order valence-corrected chi connectivity index (χ3v) is 4.20. The van der Waals surface area contributed by atoms with Crippen molar-refractivity contribution in [3.8, 4) is 0 Å². The maximum atomic E-state index is 11.1. The maximum Gasteiger partial charge on any atom is 0.306 e. The molecule has 2 N–H and O–H groups in total. The Labute approximate surface area is 103 Å². The van der Waals surface area contributed by atoms with Crippen LogP contribution in [0.15, 0.2) is 0 Å². The van der Waals surface area contributed by atoms with Crippen molar-refractivity contribution >= 4 is 15.8 Å². The van der Waals surface area contributed by atoms with E-state index in [0.29, 0.717) is 6.42 Å². The van der Waals surface area contributed by atoms with Gasteiger partial charge in [0.25, 0.3) is 0 Å². The van der Waals surface area contributed by atoms with Gasteiger partial charge in [0.15, 0.2) is 0 Å². The molecule has 6 heteroatoms. The van der Waals surface area contributed by atoms with Gasteiger partial charge in [-0.15, -0.1) is 0 Å². The quantitative estimate of drug-likeness (QED) is 0.761. The average Bonchev–Trinajstić information content (AvgIpc) is 2.14. The molecular formula is C11H21NO4S. The van der Waals surface area contributed by atoms with E-state index < -0.39 is 15.8 Å². The van der Waals surface area contributed by atoms with E-state index >= 15 is 0 Å². The minimum absolute atomic E-state index is 0.0985. The molecule has 0 aromatic rings. The number of aliphatic carboxylic acids is 1. The van der Waals surface area contributed by atoms with Gasteiger partial charge in [0.1, 0.15) is 9.84 Å². The van der Waals surface area contributed by atoms with Gasteiger partial charge in [-0.1, -0.05) is 6.42 Å². The van der Waals surface area contributed by atoms with Crippen molar-refractivity contribution in [3.63, 3.8) is 0 Å². The van der Waals surface area contributed by atoms with Crippen molar-refractivity contribution in [1.29, 1.82) is 0 Å². The predicted octanol–water partition coefficient (Wildman–Crippen LogP) is 0.653. The van der Waals surface area contributed by atoms with Crippen molar-refractivity contribution in [2.24, 2.45) is 5.92 Å². The highest BCUT2D eigenvalue weighted by atomic mass is 32.2. The molecule has 3 unspecified atom stereocenters. The Hall–Kier alpha value is -0.620. The summed E-state index contributed by atoms with van der Waals surface area (Å²) < 4.78 is 22.2. The number of carboxylic acid groups (broad SMARTS) is 1. The smallest absolute Gasteiger partial charge is 0.306 e. The normalized spacial score (nSPS) is 27.6. The average molecular weight is 263 g/mol. The molecule has 0 aromatic carbocycles. The highest BCUT2D eigenvalue weighted by Gasteiger charge is 2.27. The summed E-state index contributed by atoms with van der Waals surface area (Å²) in [4.78, 5) is 10.9. The first-order chi connectivity index (χ1) is 7.78. The number of carbonyl (C=O) groups is 1. The third-order valence-electron chi connectivity index (χ3n) is 3.10. The number of nitrogens with one attached hydrogen (secondary N) is 1. The Kier molecular flexibility index (Phi) is 4.94. The van der Waals surface area contributed by atoms with E-state index in [2.05, 4.69) is 5.32 Å². The lowest BCUT2D eigenvalue weighted by atomic mass is 9.85. The molecule has 1 aliphatic rings. The molecule has 1 aliphatic carbocycles. The molecule has 1 saturated carbocycles. The highest BCUT2D eigenvalue weighted by Crippen LogP contribution is 2.24. The van der Waals surface area contributed by atoms with Gasteiger partial charge in [0.05, 0.1) is 11.7 Å². The first-order valence-electron chi connectivity index (χ1n) is 5.94. The summed E-state index contributed by atoms with van der Waals surface area (Å²) in [7, 11) is -2.98. The highest BCUT2D eigenvalue weighted by molar-refractivity contribution is 7.90. The second-order valence-electron chi connectivity index (χ2n) is 5.06. The molecule has 0 bridgehead atoms. The summed E-state index contributed by atoms with van der Waals surface area (Å²) in [6, 6.07) is 0.00384. The lowest BCUT2D eigenvalue weighted by molar-refractivity contribution is -0.143. The lowest BCUT2D eigenvalue weighted by Crippen LogP contribution is -2.43. The van der Waals surface area contributed by atoms with Gasteiger partial charge in [-0.3, -0.25) is 4.79 Å². The maximum absolute atomic E-state index is 11.1. The Bertz CT molecular complexity index is 366. The monoisotopic (exact) mass is 263 g/mol. The van der Waals surface area contributed by atoms with Crippen LogP contribution in [-0.4, -0.2) is 43.6 Å². The first-order valence-corrected chi connectivity index (χ1v) is 8.00. The number of hydrogen-bond donors (Lipinski definition) is 2. The second-order valence-corrected chi connectivity index (χ2v) is 7.24. The van der Waals surface area contributed by atoms with Crippen LogP contribution in [0.3, 0.4) is 0 Å². The Balaban J connectivity index is 2.43.